The summed E-state index contributed by atoms with van der Waals surface area (Å²) in [6.45, 7) is 6.82. The van der Waals surface area contributed by atoms with Crippen LogP contribution in [-0.2, 0) is 9.59 Å². The highest BCUT2D eigenvalue weighted by Gasteiger charge is 2.34. The van der Waals surface area contributed by atoms with Gasteiger partial charge in [-0.15, -0.1) is 11.3 Å². The number of pyridine rings is 1. The van der Waals surface area contributed by atoms with Crippen LogP contribution in [-0.4, -0.2) is 53.3 Å². The van der Waals surface area contributed by atoms with Crippen molar-refractivity contribution in [3.05, 3.63) is 52.5 Å². The molecule has 0 spiro atoms. The number of amides is 2. The van der Waals surface area contributed by atoms with Crippen LogP contribution < -0.4 is 11.1 Å². The van der Waals surface area contributed by atoms with E-state index < -0.39 is 11.8 Å². The van der Waals surface area contributed by atoms with Gasteiger partial charge in [-0.1, -0.05) is 13.0 Å². The molecule has 7 nitrogen and oxygen atoms in total. The monoisotopic (exact) mass is 505 g/mol. The molecule has 0 saturated carbocycles. The Hall–Kier alpha value is -2.97. The number of hydrogen-bond donors (Lipinski definition) is 2. The second kappa shape index (κ2) is 10.2. The highest BCUT2D eigenvalue weighted by atomic mass is 32.1. The predicted molar refractivity (Wildman–Crippen MR) is 146 cm³/mol. The number of nitrogens with one attached hydrogen (secondary N) is 1. The lowest BCUT2D eigenvalue weighted by Crippen LogP contribution is -2.46. The van der Waals surface area contributed by atoms with Gasteiger partial charge < -0.3 is 20.9 Å². The van der Waals surface area contributed by atoms with Gasteiger partial charge in [0.05, 0.1) is 17.9 Å². The lowest BCUT2D eigenvalue weighted by atomic mass is 9.89. The summed E-state index contributed by atoms with van der Waals surface area (Å²) in [5.74, 6) is 0.247. The summed E-state index contributed by atoms with van der Waals surface area (Å²) < 4.78 is 1.29. The van der Waals surface area contributed by atoms with Crippen LogP contribution in [0.4, 0.5) is 11.5 Å². The number of carbonyl (C=O) groups is 2. The van der Waals surface area contributed by atoms with E-state index >= 15 is 0 Å². The topological polar surface area (TPSA) is 91.6 Å². The van der Waals surface area contributed by atoms with Crippen molar-refractivity contribution in [2.75, 3.05) is 37.7 Å². The molecule has 3 N–H and O–H groups in total. The Morgan fingerprint density at radius 2 is 1.89 bits per heavy atom. The van der Waals surface area contributed by atoms with Gasteiger partial charge in [-0.25, -0.2) is 4.98 Å². The minimum absolute atomic E-state index is 0.109. The zero-order valence-electron chi connectivity index (χ0n) is 21.3. The highest BCUT2D eigenvalue weighted by Crippen LogP contribution is 2.39. The molecule has 2 amide bonds. The van der Waals surface area contributed by atoms with Crippen molar-refractivity contribution in [3.63, 3.8) is 0 Å². The standard InChI is InChI=1S/C28H35N5O2S/c1-17-4-6-23(33(16-17)28(35)27(34)31-22-12-18(2)26(29)30-15-22)20-5-7-24-21(13-20)14-25(36-24)19-8-10-32(3)11-9-19/h5,7,12-15,17,19,23H,4,6,8-11,16H2,1-3H3,(H2,29,30)(H,31,34)/t17-,23+/m0/s1. The fourth-order valence-electron chi connectivity index (χ4n) is 5.48. The summed E-state index contributed by atoms with van der Waals surface area (Å²) in [4.78, 5) is 36.0. The number of rotatable bonds is 3. The minimum Gasteiger partial charge on any atom is -0.383 e. The van der Waals surface area contributed by atoms with Gasteiger partial charge in [0.2, 0.25) is 0 Å². The molecule has 0 aliphatic carbocycles. The molecule has 0 radical (unpaired) electrons. The van der Waals surface area contributed by atoms with Crippen molar-refractivity contribution >= 4 is 44.7 Å². The van der Waals surface area contributed by atoms with Gasteiger partial charge in [-0.05, 0) is 105 Å². The molecule has 0 unspecified atom stereocenters. The molecule has 8 heteroatoms. The van der Waals surface area contributed by atoms with Gasteiger partial charge in [-0.2, -0.15) is 0 Å². The third-order valence-electron chi connectivity index (χ3n) is 7.71. The van der Waals surface area contributed by atoms with Crippen molar-refractivity contribution in [2.45, 2.75) is 51.5 Å². The molecule has 2 fully saturated rings. The van der Waals surface area contributed by atoms with Gasteiger partial charge in [0, 0.05) is 16.1 Å². The number of anilines is 2. The lowest BCUT2D eigenvalue weighted by molar-refractivity contribution is -0.146. The molecule has 2 aliphatic heterocycles. The average molecular weight is 506 g/mol. The number of nitrogens with two attached hydrogens (primary N) is 1. The third kappa shape index (κ3) is 5.11. The molecule has 2 aromatic heterocycles. The number of nitrogens with zero attached hydrogens (tertiary/aromatic N) is 3. The molecule has 2 atom stereocenters. The molecule has 2 saturated heterocycles. The Morgan fingerprint density at radius 3 is 2.64 bits per heavy atom. The van der Waals surface area contributed by atoms with Crippen molar-refractivity contribution in [2.24, 2.45) is 5.92 Å². The number of piperidine rings is 2. The van der Waals surface area contributed by atoms with Crippen molar-refractivity contribution in [1.82, 2.24) is 14.8 Å². The average Bonchev–Trinajstić information content (AvgIpc) is 3.29. The molecule has 0 bridgehead atoms. The second-order valence-corrected chi connectivity index (χ2v) is 11.7. The van der Waals surface area contributed by atoms with E-state index in [4.69, 9.17) is 5.73 Å². The van der Waals surface area contributed by atoms with Gasteiger partial charge in [0.15, 0.2) is 0 Å². The quantitative estimate of drug-likeness (QED) is 0.492. The van der Waals surface area contributed by atoms with Gasteiger partial charge in [0.1, 0.15) is 5.82 Å². The van der Waals surface area contributed by atoms with Crippen LogP contribution in [0.2, 0.25) is 0 Å². The normalized spacial score (nSPS) is 21.6. The molecule has 4 heterocycles. The smallest absolute Gasteiger partial charge is 0.313 e. The van der Waals surface area contributed by atoms with Crippen molar-refractivity contribution in [1.29, 1.82) is 0 Å². The fourth-order valence-corrected chi connectivity index (χ4v) is 6.69. The third-order valence-corrected chi connectivity index (χ3v) is 8.99. The molecule has 1 aromatic carbocycles. The van der Waals surface area contributed by atoms with Gasteiger partial charge in [-0.3, -0.25) is 9.59 Å². The Kier molecular flexibility index (Phi) is 6.99. The van der Waals surface area contributed by atoms with E-state index in [1.54, 1.807) is 11.0 Å². The molecule has 2 aliphatic rings. The SMILES string of the molecule is Cc1cc(NC(=O)C(=O)N2C[C@@H](C)CC[C@@H]2c2ccc3sc(C4CCN(C)CC4)cc3c2)cnc1N. The maximum Gasteiger partial charge on any atom is 0.313 e. The fraction of sp³-hybridized carbons (Fsp3) is 0.464. The maximum atomic E-state index is 13.4. The molecule has 190 valence electrons. The summed E-state index contributed by atoms with van der Waals surface area (Å²) in [5, 5.41) is 3.96. The first-order valence-corrected chi connectivity index (χ1v) is 13.7. The number of fused-ring (bicyclic) bond motifs is 1. The number of benzene rings is 1. The van der Waals surface area contributed by atoms with E-state index in [0.717, 1.165) is 37.1 Å². The first-order chi connectivity index (χ1) is 17.3. The number of hydrogen-bond acceptors (Lipinski definition) is 6. The predicted octanol–water partition coefficient (Wildman–Crippen LogP) is 4.93. The molecular formula is C28H35N5O2S. The first kappa shape index (κ1) is 24.7. The molecular weight excluding hydrogens is 470 g/mol. The van der Waals surface area contributed by atoms with E-state index in [9.17, 15) is 9.59 Å². The van der Waals surface area contributed by atoms with E-state index in [0.29, 0.717) is 29.9 Å². The van der Waals surface area contributed by atoms with Crippen LogP contribution in [0.3, 0.4) is 0 Å². The number of likely N-dealkylation sites (tertiary alicyclic amines) is 2. The molecule has 36 heavy (non-hydrogen) atoms. The summed E-state index contributed by atoms with van der Waals surface area (Å²) in [7, 11) is 2.19. The summed E-state index contributed by atoms with van der Waals surface area (Å²) in [6, 6.07) is 10.5. The van der Waals surface area contributed by atoms with E-state index in [2.05, 4.69) is 53.4 Å². The van der Waals surface area contributed by atoms with Crippen molar-refractivity contribution in [3.8, 4) is 0 Å². The Balaban J connectivity index is 1.36. The zero-order valence-corrected chi connectivity index (χ0v) is 22.1. The van der Waals surface area contributed by atoms with Gasteiger partial charge in [0.25, 0.3) is 0 Å². The van der Waals surface area contributed by atoms with Gasteiger partial charge >= 0.3 is 11.8 Å². The lowest BCUT2D eigenvalue weighted by Gasteiger charge is -2.38. The first-order valence-electron chi connectivity index (χ1n) is 12.8. The Morgan fingerprint density at radius 1 is 1.11 bits per heavy atom. The largest absolute Gasteiger partial charge is 0.383 e. The summed E-state index contributed by atoms with van der Waals surface area (Å²) >= 11 is 1.90. The van der Waals surface area contributed by atoms with E-state index in [1.807, 2.05) is 18.3 Å². The van der Waals surface area contributed by atoms with E-state index in [-0.39, 0.29) is 6.04 Å². The number of aryl methyl sites for hydroxylation is 1. The maximum absolute atomic E-state index is 13.4. The second-order valence-electron chi connectivity index (χ2n) is 10.6. The van der Waals surface area contributed by atoms with Crippen LogP contribution in [0.25, 0.3) is 10.1 Å². The zero-order chi connectivity index (χ0) is 25.4. The van der Waals surface area contributed by atoms with Crippen LogP contribution >= 0.6 is 11.3 Å². The minimum atomic E-state index is -0.638. The summed E-state index contributed by atoms with van der Waals surface area (Å²) in [6.07, 6.45) is 5.77. The molecule has 3 aromatic rings. The van der Waals surface area contributed by atoms with Crippen LogP contribution in [0.1, 0.15) is 60.6 Å². The van der Waals surface area contributed by atoms with Crippen LogP contribution in [0.5, 0.6) is 0 Å². The summed E-state index contributed by atoms with van der Waals surface area (Å²) in [5.41, 5.74) is 8.12. The number of nitrogen functional groups attached to an aromatic ring is 1. The number of carbonyl (C=O) groups excluding carboxylic acids is 2. The molecule has 5 rings (SSSR count). The Labute approximate surface area is 216 Å². The number of aromatic nitrogens is 1. The van der Waals surface area contributed by atoms with Crippen LogP contribution in [0.15, 0.2) is 36.5 Å². The van der Waals surface area contributed by atoms with Crippen molar-refractivity contribution < 1.29 is 9.59 Å². The highest BCUT2D eigenvalue weighted by molar-refractivity contribution is 7.19. The van der Waals surface area contributed by atoms with E-state index in [1.165, 1.54) is 34.0 Å². The van der Waals surface area contributed by atoms with Crippen LogP contribution in [0, 0.1) is 12.8 Å². The Bertz CT molecular complexity index is 1280. The number of thiophene rings is 1.